The molecule has 0 aromatic carbocycles. The van der Waals surface area contributed by atoms with E-state index in [2.05, 4.69) is 0 Å². The van der Waals surface area contributed by atoms with E-state index in [1.165, 1.54) is 0 Å². The average Bonchev–Trinajstić information content (AvgIpc) is 2.30. The van der Waals surface area contributed by atoms with Crippen LogP contribution < -0.4 is 0 Å². The van der Waals surface area contributed by atoms with E-state index in [-0.39, 0.29) is 31.1 Å². The molecular weight excluding hydrogens is 202 g/mol. The Kier molecular flexibility index (Phi) is 3.39. The third kappa shape index (κ3) is 2.74. The number of Topliss-reactive ketones (excluding diaryl/α,β-unsaturated/α-hetero) is 1. The number of carboxylic acids is 1. The summed E-state index contributed by atoms with van der Waals surface area (Å²) in [7, 11) is 0. The first-order valence-corrected chi connectivity index (χ1v) is 4.78. The molecule has 6 heteroatoms. The Hall–Kier alpha value is -1.46. The molecule has 0 aliphatic heterocycles. The summed E-state index contributed by atoms with van der Waals surface area (Å²) in [6.45, 7) is 1.44. The zero-order valence-corrected chi connectivity index (χ0v) is 8.38. The number of carboxylic acid groups (broad SMARTS) is 1. The van der Waals surface area contributed by atoms with Gasteiger partial charge in [0.25, 0.3) is 0 Å². The van der Waals surface area contributed by atoms with Crippen molar-refractivity contribution in [3.8, 4) is 0 Å². The fourth-order valence-corrected chi connectivity index (χ4v) is 2.19. The molecule has 3 atom stereocenters. The highest BCUT2D eigenvalue weighted by Gasteiger charge is 2.43. The molecule has 0 spiro atoms. The zero-order chi connectivity index (χ0) is 11.6. The minimum Gasteiger partial charge on any atom is -0.481 e. The Morgan fingerprint density at radius 3 is 2.73 bits per heavy atom. The van der Waals surface area contributed by atoms with E-state index >= 15 is 0 Å². The summed E-state index contributed by atoms with van der Waals surface area (Å²) in [5.41, 5.74) is 0. The lowest BCUT2D eigenvalue weighted by atomic mass is 9.88. The fraction of sp³-hybridized carbons (Fsp3) is 0.778. The number of carbonyl (C=O) groups is 2. The van der Waals surface area contributed by atoms with Gasteiger partial charge in [0, 0.05) is 23.2 Å². The predicted octanol–water partition coefficient (Wildman–Crippen LogP) is 0.579. The summed E-state index contributed by atoms with van der Waals surface area (Å²) < 4.78 is 0. The number of hydrogen-bond donors (Lipinski definition) is 1. The van der Waals surface area contributed by atoms with Crippen molar-refractivity contribution in [2.24, 2.45) is 17.8 Å². The van der Waals surface area contributed by atoms with E-state index in [1.54, 1.807) is 6.92 Å². The molecule has 0 bridgehead atoms. The molecule has 84 valence electrons. The summed E-state index contributed by atoms with van der Waals surface area (Å²) in [4.78, 5) is 31.9. The highest BCUT2D eigenvalue weighted by Crippen LogP contribution is 2.36. The van der Waals surface area contributed by atoms with Gasteiger partial charge in [-0.05, 0) is 5.92 Å². The molecule has 1 fully saturated rings. The molecule has 0 amide bonds. The van der Waals surface area contributed by atoms with Gasteiger partial charge in [0.1, 0.15) is 5.78 Å². The Morgan fingerprint density at radius 1 is 1.67 bits per heavy atom. The van der Waals surface area contributed by atoms with Crippen molar-refractivity contribution in [2.75, 3.05) is 6.54 Å². The predicted molar refractivity (Wildman–Crippen MR) is 49.9 cm³/mol. The number of nitro groups is 1. The second-order valence-electron chi connectivity index (χ2n) is 4.03. The second-order valence-corrected chi connectivity index (χ2v) is 4.03. The van der Waals surface area contributed by atoms with Gasteiger partial charge in [-0.2, -0.15) is 0 Å². The van der Waals surface area contributed by atoms with Crippen LogP contribution in [0.3, 0.4) is 0 Å². The van der Waals surface area contributed by atoms with Crippen LogP contribution in [-0.4, -0.2) is 28.3 Å². The fourth-order valence-electron chi connectivity index (χ4n) is 2.19. The van der Waals surface area contributed by atoms with Crippen molar-refractivity contribution < 1.29 is 19.6 Å². The minimum absolute atomic E-state index is 0.0905. The van der Waals surface area contributed by atoms with Gasteiger partial charge in [-0.25, -0.2) is 0 Å². The van der Waals surface area contributed by atoms with Crippen LogP contribution in [0.1, 0.15) is 19.8 Å². The summed E-state index contributed by atoms with van der Waals surface area (Å²) in [5.74, 6) is -2.42. The smallest absolute Gasteiger partial charge is 0.304 e. The maximum absolute atomic E-state index is 11.4. The molecule has 1 aliphatic carbocycles. The Balaban J connectivity index is 2.75. The van der Waals surface area contributed by atoms with Crippen LogP contribution in [0.4, 0.5) is 0 Å². The van der Waals surface area contributed by atoms with E-state index in [1.807, 2.05) is 0 Å². The normalized spacial score (nSPS) is 30.5. The van der Waals surface area contributed by atoms with E-state index < -0.39 is 22.7 Å². The number of hydrogen-bond acceptors (Lipinski definition) is 4. The van der Waals surface area contributed by atoms with Gasteiger partial charge >= 0.3 is 5.97 Å². The first-order valence-electron chi connectivity index (χ1n) is 4.78. The molecule has 6 nitrogen and oxygen atoms in total. The molecule has 0 heterocycles. The van der Waals surface area contributed by atoms with Gasteiger partial charge < -0.3 is 5.11 Å². The summed E-state index contributed by atoms with van der Waals surface area (Å²) in [5, 5.41) is 19.0. The standard InChI is InChI=1S/C9H13NO5/c1-5-2-8(11)6(3-9(12)13)7(5)4-10(14)15/h5-7H,2-4H2,1H3,(H,12,13)/t5-,6-,7-/m1/s1. The molecule has 1 saturated carbocycles. The molecule has 0 unspecified atom stereocenters. The van der Waals surface area contributed by atoms with Crippen LogP contribution in [-0.2, 0) is 9.59 Å². The average molecular weight is 215 g/mol. The van der Waals surface area contributed by atoms with Crippen molar-refractivity contribution in [3.05, 3.63) is 10.1 Å². The van der Waals surface area contributed by atoms with Gasteiger partial charge in [-0.1, -0.05) is 6.92 Å². The quantitative estimate of drug-likeness (QED) is 0.546. The van der Waals surface area contributed by atoms with Crippen molar-refractivity contribution in [1.29, 1.82) is 0 Å². The number of nitrogens with zero attached hydrogens (tertiary/aromatic N) is 1. The van der Waals surface area contributed by atoms with Crippen LogP contribution in [0.5, 0.6) is 0 Å². The molecule has 1 rings (SSSR count). The van der Waals surface area contributed by atoms with Crippen LogP contribution in [0.2, 0.25) is 0 Å². The lowest BCUT2D eigenvalue weighted by molar-refractivity contribution is -0.490. The van der Waals surface area contributed by atoms with Crippen LogP contribution in [0.15, 0.2) is 0 Å². The topological polar surface area (TPSA) is 97.5 Å². The first-order chi connectivity index (χ1) is 6.91. The third-order valence-corrected chi connectivity index (χ3v) is 2.94. The van der Waals surface area contributed by atoms with Gasteiger partial charge in [0.05, 0.1) is 6.42 Å². The number of carbonyl (C=O) groups excluding carboxylic acids is 1. The lowest BCUT2D eigenvalue weighted by Gasteiger charge is -2.15. The van der Waals surface area contributed by atoms with E-state index in [0.29, 0.717) is 0 Å². The van der Waals surface area contributed by atoms with Gasteiger partial charge in [-0.3, -0.25) is 19.7 Å². The number of rotatable bonds is 4. The maximum atomic E-state index is 11.4. The van der Waals surface area contributed by atoms with E-state index in [9.17, 15) is 19.7 Å². The molecule has 15 heavy (non-hydrogen) atoms. The maximum Gasteiger partial charge on any atom is 0.304 e. The molecule has 0 aromatic rings. The zero-order valence-electron chi connectivity index (χ0n) is 8.38. The van der Waals surface area contributed by atoms with Crippen LogP contribution in [0, 0.1) is 27.9 Å². The third-order valence-electron chi connectivity index (χ3n) is 2.94. The van der Waals surface area contributed by atoms with Crippen molar-refractivity contribution in [3.63, 3.8) is 0 Å². The SMILES string of the molecule is C[C@@H]1CC(=O)[C@H](CC(=O)O)[C@@H]1C[N+](=O)[O-]. The first kappa shape index (κ1) is 11.6. The lowest BCUT2D eigenvalue weighted by Crippen LogP contribution is -2.26. The molecule has 1 N–H and O–H groups in total. The van der Waals surface area contributed by atoms with Crippen LogP contribution in [0.25, 0.3) is 0 Å². The molecule has 0 aromatic heterocycles. The monoisotopic (exact) mass is 215 g/mol. The Bertz CT molecular complexity index is 301. The summed E-state index contributed by atoms with van der Waals surface area (Å²) in [6, 6.07) is 0. The molecule has 1 aliphatic rings. The summed E-state index contributed by atoms with van der Waals surface area (Å²) in [6.07, 6.45) is -0.0296. The van der Waals surface area contributed by atoms with Crippen molar-refractivity contribution in [2.45, 2.75) is 19.8 Å². The van der Waals surface area contributed by atoms with Crippen molar-refractivity contribution >= 4 is 11.8 Å². The van der Waals surface area contributed by atoms with Crippen molar-refractivity contribution in [1.82, 2.24) is 0 Å². The molecular formula is C9H13NO5. The van der Waals surface area contributed by atoms with Gasteiger partial charge in [0.15, 0.2) is 0 Å². The Morgan fingerprint density at radius 2 is 2.27 bits per heavy atom. The molecule has 0 radical (unpaired) electrons. The van der Waals surface area contributed by atoms with E-state index in [0.717, 1.165) is 0 Å². The number of aliphatic carboxylic acids is 1. The van der Waals surface area contributed by atoms with Crippen LogP contribution >= 0.6 is 0 Å². The largest absolute Gasteiger partial charge is 0.481 e. The number of ketones is 1. The highest BCUT2D eigenvalue weighted by molar-refractivity contribution is 5.87. The van der Waals surface area contributed by atoms with E-state index in [4.69, 9.17) is 5.11 Å². The minimum atomic E-state index is -1.07. The van der Waals surface area contributed by atoms with Gasteiger partial charge in [0.2, 0.25) is 6.54 Å². The second kappa shape index (κ2) is 4.37. The Labute approximate surface area is 86.4 Å². The van der Waals surface area contributed by atoms with Gasteiger partial charge in [-0.15, -0.1) is 0 Å². The molecule has 0 saturated heterocycles. The highest BCUT2D eigenvalue weighted by atomic mass is 16.6. The summed E-state index contributed by atoms with van der Waals surface area (Å²) >= 11 is 0.